The molecule has 122 valence electrons. The summed E-state index contributed by atoms with van der Waals surface area (Å²) in [6.45, 7) is 2.29. The van der Waals surface area contributed by atoms with Crippen LogP contribution in [0.2, 0.25) is 0 Å². The van der Waals surface area contributed by atoms with Gasteiger partial charge in [-0.1, -0.05) is 19.8 Å². The van der Waals surface area contributed by atoms with E-state index in [-0.39, 0.29) is 0 Å². The van der Waals surface area contributed by atoms with Crippen LogP contribution in [0.25, 0.3) is 0 Å². The van der Waals surface area contributed by atoms with Crippen LogP contribution in [0.15, 0.2) is 18.6 Å². The van der Waals surface area contributed by atoms with Gasteiger partial charge in [0.1, 0.15) is 5.82 Å². The zero-order chi connectivity index (χ0) is 16.2. The standard InChI is InChI=1S/C16H23N7/c1-11-4-3-5-13(6-11)20-15-12(7-17)8-18-16(22-15)21-14-9-19-23(2)10-14/h7-11,13,17H,3-6H2,1-2H3,(H2,18,20,21,22). The molecule has 0 aliphatic heterocycles. The molecule has 7 heteroatoms. The van der Waals surface area contributed by atoms with Gasteiger partial charge in [-0.15, -0.1) is 0 Å². The maximum absolute atomic E-state index is 7.56. The summed E-state index contributed by atoms with van der Waals surface area (Å²) < 4.78 is 1.72. The van der Waals surface area contributed by atoms with E-state index in [0.717, 1.165) is 30.3 Å². The highest BCUT2D eigenvalue weighted by atomic mass is 15.3. The summed E-state index contributed by atoms with van der Waals surface area (Å²) in [6, 6.07) is 0.415. The van der Waals surface area contributed by atoms with Crippen LogP contribution in [0.3, 0.4) is 0 Å². The second kappa shape index (κ2) is 6.76. The Kier molecular flexibility index (Phi) is 4.55. The fourth-order valence-electron chi connectivity index (χ4n) is 3.05. The molecule has 3 rings (SSSR count). The van der Waals surface area contributed by atoms with Crippen molar-refractivity contribution in [1.29, 1.82) is 5.41 Å². The lowest BCUT2D eigenvalue weighted by Gasteiger charge is -2.28. The van der Waals surface area contributed by atoms with Crippen molar-refractivity contribution in [3.05, 3.63) is 24.2 Å². The van der Waals surface area contributed by atoms with Crippen LogP contribution in [-0.2, 0) is 7.05 Å². The highest BCUT2D eigenvalue weighted by Gasteiger charge is 2.20. The lowest BCUT2D eigenvalue weighted by molar-refractivity contribution is 0.358. The van der Waals surface area contributed by atoms with Gasteiger partial charge in [0.2, 0.25) is 5.95 Å². The third-order valence-electron chi connectivity index (χ3n) is 4.21. The molecule has 2 heterocycles. The third kappa shape index (κ3) is 3.85. The third-order valence-corrected chi connectivity index (χ3v) is 4.21. The van der Waals surface area contributed by atoms with Gasteiger partial charge in [-0.05, 0) is 18.8 Å². The summed E-state index contributed by atoms with van der Waals surface area (Å²) in [5, 5.41) is 18.3. The van der Waals surface area contributed by atoms with Gasteiger partial charge in [0.25, 0.3) is 0 Å². The minimum absolute atomic E-state index is 0.415. The van der Waals surface area contributed by atoms with Crippen molar-refractivity contribution in [2.45, 2.75) is 38.6 Å². The molecule has 2 unspecified atom stereocenters. The Bertz CT molecular complexity index is 679. The monoisotopic (exact) mass is 313 g/mol. The molecule has 1 fully saturated rings. The summed E-state index contributed by atoms with van der Waals surface area (Å²) in [5.74, 6) is 1.97. The molecule has 1 saturated carbocycles. The number of aryl methyl sites for hydroxylation is 1. The van der Waals surface area contributed by atoms with Gasteiger partial charge < -0.3 is 16.0 Å². The number of anilines is 3. The van der Waals surface area contributed by atoms with E-state index in [4.69, 9.17) is 5.41 Å². The number of nitrogens with zero attached hydrogens (tertiary/aromatic N) is 4. The van der Waals surface area contributed by atoms with Crippen molar-refractivity contribution in [3.8, 4) is 0 Å². The summed E-state index contributed by atoms with van der Waals surface area (Å²) in [5.41, 5.74) is 1.55. The van der Waals surface area contributed by atoms with Crippen molar-refractivity contribution in [2.75, 3.05) is 10.6 Å². The zero-order valence-electron chi connectivity index (χ0n) is 13.6. The molecular formula is C16H23N7. The summed E-state index contributed by atoms with van der Waals surface area (Å²) in [4.78, 5) is 8.82. The molecule has 3 N–H and O–H groups in total. The molecule has 2 aromatic heterocycles. The quantitative estimate of drug-likeness (QED) is 0.738. The number of hydrogen-bond donors (Lipinski definition) is 3. The molecule has 2 atom stereocenters. The zero-order valence-corrected chi connectivity index (χ0v) is 13.6. The first kappa shape index (κ1) is 15.5. The van der Waals surface area contributed by atoms with E-state index in [1.807, 2.05) is 13.2 Å². The first-order valence-corrected chi connectivity index (χ1v) is 8.04. The molecule has 0 bridgehead atoms. The smallest absolute Gasteiger partial charge is 0.229 e. The van der Waals surface area contributed by atoms with Crippen LogP contribution in [-0.4, -0.2) is 32.0 Å². The average Bonchev–Trinajstić information content (AvgIpc) is 2.93. The average molecular weight is 313 g/mol. The van der Waals surface area contributed by atoms with Crippen LogP contribution in [0.1, 0.15) is 38.2 Å². The van der Waals surface area contributed by atoms with Crippen molar-refractivity contribution in [2.24, 2.45) is 13.0 Å². The number of hydrogen-bond acceptors (Lipinski definition) is 6. The summed E-state index contributed by atoms with van der Waals surface area (Å²) in [6.07, 6.45) is 11.4. The van der Waals surface area contributed by atoms with E-state index in [1.54, 1.807) is 17.1 Å². The largest absolute Gasteiger partial charge is 0.367 e. The van der Waals surface area contributed by atoms with Crippen LogP contribution in [0.5, 0.6) is 0 Å². The Balaban J connectivity index is 1.77. The van der Waals surface area contributed by atoms with E-state index >= 15 is 0 Å². The first-order valence-electron chi connectivity index (χ1n) is 8.04. The van der Waals surface area contributed by atoms with E-state index in [0.29, 0.717) is 17.6 Å². The van der Waals surface area contributed by atoms with E-state index in [9.17, 15) is 0 Å². The first-order chi connectivity index (χ1) is 11.1. The number of nitrogens with one attached hydrogen (secondary N) is 3. The minimum Gasteiger partial charge on any atom is -0.367 e. The topological polar surface area (TPSA) is 91.5 Å². The predicted molar refractivity (Wildman–Crippen MR) is 91.5 cm³/mol. The van der Waals surface area contributed by atoms with Gasteiger partial charge >= 0.3 is 0 Å². The van der Waals surface area contributed by atoms with E-state index in [2.05, 4.69) is 32.6 Å². The van der Waals surface area contributed by atoms with Crippen LogP contribution in [0, 0.1) is 11.3 Å². The van der Waals surface area contributed by atoms with Crippen LogP contribution >= 0.6 is 0 Å². The molecule has 0 aromatic carbocycles. The molecule has 0 amide bonds. The maximum Gasteiger partial charge on any atom is 0.229 e. The Morgan fingerprint density at radius 1 is 1.35 bits per heavy atom. The molecule has 1 aliphatic rings. The molecule has 2 aromatic rings. The minimum atomic E-state index is 0.415. The Hall–Kier alpha value is -2.44. The SMILES string of the molecule is CC1CCCC(Nc2nc(Nc3cnn(C)c3)ncc2C=N)C1. The fourth-order valence-corrected chi connectivity index (χ4v) is 3.05. The molecule has 23 heavy (non-hydrogen) atoms. The van der Waals surface area contributed by atoms with E-state index < -0.39 is 0 Å². The second-order valence-corrected chi connectivity index (χ2v) is 6.28. The highest BCUT2D eigenvalue weighted by molar-refractivity contribution is 5.84. The van der Waals surface area contributed by atoms with Gasteiger partial charge in [-0.25, -0.2) is 4.98 Å². The van der Waals surface area contributed by atoms with Crippen molar-refractivity contribution in [1.82, 2.24) is 19.7 Å². The Morgan fingerprint density at radius 3 is 2.91 bits per heavy atom. The second-order valence-electron chi connectivity index (χ2n) is 6.28. The van der Waals surface area contributed by atoms with Crippen LogP contribution < -0.4 is 10.6 Å². The van der Waals surface area contributed by atoms with Gasteiger partial charge in [-0.3, -0.25) is 4.68 Å². The normalized spacial score (nSPS) is 21.0. The van der Waals surface area contributed by atoms with Gasteiger partial charge in [0, 0.05) is 31.7 Å². The van der Waals surface area contributed by atoms with Crippen molar-refractivity contribution in [3.63, 3.8) is 0 Å². The summed E-state index contributed by atoms with van der Waals surface area (Å²) >= 11 is 0. The lowest BCUT2D eigenvalue weighted by Crippen LogP contribution is -2.27. The Labute approximate surface area is 136 Å². The van der Waals surface area contributed by atoms with Gasteiger partial charge in [-0.2, -0.15) is 10.1 Å². The van der Waals surface area contributed by atoms with Crippen molar-refractivity contribution >= 4 is 23.7 Å². The molecule has 0 spiro atoms. The van der Waals surface area contributed by atoms with Crippen molar-refractivity contribution < 1.29 is 0 Å². The summed E-state index contributed by atoms with van der Waals surface area (Å²) in [7, 11) is 1.86. The van der Waals surface area contributed by atoms with Gasteiger partial charge in [0.05, 0.1) is 17.4 Å². The number of rotatable bonds is 5. The molecule has 7 nitrogen and oxygen atoms in total. The number of aromatic nitrogens is 4. The fraction of sp³-hybridized carbons (Fsp3) is 0.500. The predicted octanol–water partition coefficient (Wildman–Crippen LogP) is 2.94. The van der Waals surface area contributed by atoms with Gasteiger partial charge in [0.15, 0.2) is 0 Å². The lowest BCUT2D eigenvalue weighted by atomic mass is 9.87. The Morgan fingerprint density at radius 2 is 2.22 bits per heavy atom. The maximum atomic E-state index is 7.56. The van der Waals surface area contributed by atoms with E-state index in [1.165, 1.54) is 19.1 Å². The molecule has 0 saturated heterocycles. The molecular weight excluding hydrogens is 290 g/mol. The molecule has 0 radical (unpaired) electrons. The van der Waals surface area contributed by atoms with Crippen LogP contribution in [0.4, 0.5) is 17.5 Å². The highest BCUT2D eigenvalue weighted by Crippen LogP contribution is 2.27. The molecule has 1 aliphatic carbocycles.